The number of carbonyl (C=O) groups excluding carboxylic acids is 1. The van der Waals surface area contributed by atoms with Gasteiger partial charge in [0, 0.05) is 25.0 Å². The lowest BCUT2D eigenvalue weighted by atomic mass is 10.0. The molecule has 0 aliphatic heterocycles. The molecule has 3 heterocycles. The van der Waals surface area contributed by atoms with Crippen molar-refractivity contribution >= 4 is 34.3 Å². The Morgan fingerprint density at radius 2 is 1.89 bits per heavy atom. The molecule has 0 aromatic carbocycles. The van der Waals surface area contributed by atoms with Crippen molar-refractivity contribution in [1.82, 2.24) is 20.3 Å². The molecule has 0 aliphatic rings. The number of carbonyl (C=O) groups is 1. The van der Waals surface area contributed by atoms with Crippen LogP contribution >= 0.6 is 0 Å². The van der Waals surface area contributed by atoms with E-state index in [9.17, 15) is 18.7 Å². The van der Waals surface area contributed by atoms with E-state index < -0.39 is 29.9 Å². The third-order valence-electron chi connectivity index (χ3n) is 4.98. The summed E-state index contributed by atoms with van der Waals surface area (Å²) in [5.74, 6) is 0.104. The summed E-state index contributed by atoms with van der Waals surface area (Å²) in [7, 11) is 0. The second-order valence-electron chi connectivity index (χ2n) is 9.21. The second-order valence-corrected chi connectivity index (χ2v) is 9.21. The van der Waals surface area contributed by atoms with Crippen molar-refractivity contribution in [2.45, 2.75) is 45.1 Å². The summed E-state index contributed by atoms with van der Waals surface area (Å²) in [6.07, 6.45) is 1.05. The molecule has 35 heavy (non-hydrogen) atoms. The van der Waals surface area contributed by atoms with Crippen LogP contribution in [-0.2, 0) is 0 Å². The van der Waals surface area contributed by atoms with Crippen LogP contribution in [0.2, 0.25) is 0 Å². The van der Waals surface area contributed by atoms with Gasteiger partial charge in [-0.2, -0.15) is 5.26 Å². The van der Waals surface area contributed by atoms with Gasteiger partial charge in [-0.25, -0.2) is 18.7 Å². The molecular formula is C24H27F2N7O2. The highest BCUT2D eigenvalue weighted by Gasteiger charge is 2.27. The Labute approximate surface area is 201 Å². The Bertz CT molecular complexity index is 1260. The first-order valence-corrected chi connectivity index (χ1v) is 10.9. The zero-order valence-electron chi connectivity index (χ0n) is 19.9. The van der Waals surface area contributed by atoms with E-state index in [1.165, 1.54) is 46.2 Å². The van der Waals surface area contributed by atoms with E-state index in [2.05, 4.69) is 30.9 Å². The molecule has 0 saturated heterocycles. The van der Waals surface area contributed by atoms with Gasteiger partial charge in [-0.05, 0) is 45.9 Å². The number of hydrogen-bond acceptors (Lipinski definition) is 8. The highest BCUT2D eigenvalue weighted by molar-refractivity contribution is 5.99. The summed E-state index contributed by atoms with van der Waals surface area (Å²) in [5, 5.41) is 27.2. The molecular weight excluding hydrogens is 456 g/mol. The Kier molecular flexibility index (Phi) is 7.45. The molecule has 11 heteroatoms. The van der Waals surface area contributed by atoms with E-state index in [0.29, 0.717) is 28.2 Å². The Morgan fingerprint density at radius 3 is 2.54 bits per heavy atom. The van der Waals surface area contributed by atoms with Crippen molar-refractivity contribution < 1.29 is 18.7 Å². The number of amides is 1. The van der Waals surface area contributed by atoms with E-state index in [1.807, 2.05) is 6.07 Å². The highest BCUT2D eigenvalue weighted by Crippen LogP contribution is 2.24. The van der Waals surface area contributed by atoms with E-state index in [-0.39, 0.29) is 17.8 Å². The number of rotatable bonds is 9. The summed E-state index contributed by atoms with van der Waals surface area (Å²) in [6.45, 7) is 4.89. The summed E-state index contributed by atoms with van der Waals surface area (Å²) >= 11 is 0. The van der Waals surface area contributed by atoms with Crippen LogP contribution in [0.25, 0.3) is 11.0 Å². The van der Waals surface area contributed by atoms with Gasteiger partial charge in [-0.15, -0.1) is 0 Å². The zero-order chi connectivity index (χ0) is 25.8. The third-order valence-corrected chi connectivity index (χ3v) is 4.98. The molecule has 0 radical (unpaired) electrons. The lowest BCUT2D eigenvalue weighted by molar-refractivity contribution is -0.00177. The lowest BCUT2D eigenvalue weighted by Gasteiger charge is -2.23. The zero-order valence-corrected chi connectivity index (χ0v) is 19.9. The third kappa shape index (κ3) is 7.04. The average molecular weight is 484 g/mol. The van der Waals surface area contributed by atoms with Crippen LogP contribution in [0, 0.1) is 11.3 Å². The molecule has 3 aromatic rings. The van der Waals surface area contributed by atoms with Crippen LogP contribution in [0.1, 0.15) is 43.6 Å². The van der Waals surface area contributed by atoms with Gasteiger partial charge in [-0.3, -0.25) is 9.78 Å². The molecule has 0 aliphatic carbocycles. The molecule has 1 unspecified atom stereocenters. The molecule has 184 valence electrons. The normalized spacial score (nSPS) is 12.6. The molecule has 0 fully saturated rings. The Balaban J connectivity index is 1.85. The quantitative estimate of drug-likeness (QED) is 0.362. The molecule has 0 saturated carbocycles. The number of pyridine rings is 3. The number of aliphatic hydroxyl groups is 1. The minimum atomic E-state index is -1.68. The summed E-state index contributed by atoms with van der Waals surface area (Å²) in [4.78, 5) is 25.5. The molecule has 1 amide bonds. The number of aromatic nitrogens is 3. The highest BCUT2D eigenvalue weighted by atomic mass is 19.1. The van der Waals surface area contributed by atoms with Crippen LogP contribution in [0.15, 0.2) is 36.7 Å². The predicted octanol–water partition coefficient (Wildman–Crippen LogP) is 3.64. The first-order valence-electron chi connectivity index (χ1n) is 10.9. The van der Waals surface area contributed by atoms with Gasteiger partial charge in [0.1, 0.15) is 29.5 Å². The fourth-order valence-corrected chi connectivity index (χ4v) is 2.95. The molecule has 4 N–H and O–H groups in total. The fraction of sp³-hybridized carbons (Fsp3) is 0.375. The van der Waals surface area contributed by atoms with Crippen LogP contribution in [0.3, 0.4) is 0 Å². The van der Waals surface area contributed by atoms with Gasteiger partial charge < -0.3 is 21.1 Å². The van der Waals surface area contributed by atoms with E-state index in [4.69, 9.17) is 5.26 Å². The number of alkyl halides is 2. The van der Waals surface area contributed by atoms with Crippen LogP contribution in [0.5, 0.6) is 0 Å². The molecule has 3 rings (SSSR count). The standard InChI is InChI=1S/C24H27F2N7O2/c1-23(2,26)13-31-17-8-21(29-11-15(17)22(34)30-12-19(25)24(3,4)35)33-20-6-5-16-18(32-20)7-14(9-27)10-28-16/h5-8,10-11,19,35H,12-13H2,1-4H3,(H,30,34)(H2,29,31,32,33). The molecule has 3 aromatic heterocycles. The summed E-state index contributed by atoms with van der Waals surface area (Å²) in [5.41, 5.74) is -1.34. The summed E-state index contributed by atoms with van der Waals surface area (Å²) in [6, 6.07) is 8.55. The molecule has 9 nitrogen and oxygen atoms in total. The van der Waals surface area contributed by atoms with E-state index in [0.717, 1.165) is 0 Å². The van der Waals surface area contributed by atoms with E-state index in [1.54, 1.807) is 18.2 Å². The maximum Gasteiger partial charge on any atom is 0.255 e. The number of hydrogen-bond donors (Lipinski definition) is 4. The lowest BCUT2D eigenvalue weighted by Crippen LogP contribution is -2.42. The van der Waals surface area contributed by atoms with Crippen molar-refractivity contribution in [2.24, 2.45) is 0 Å². The fourth-order valence-electron chi connectivity index (χ4n) is 2.95. The van der Waals surface area contributed by atoms with Crippen molar-refractivity contribution in [3.63, 3.8) is 0 Å². The first kappa shape index (κ1) is 25.7. The van der Waals surface area contributed by atoms with Crippen molar-refractivity contribution in [2.75, 3.05) is 23.7 Å². The van der Waals surface area contributed by atoms with Gasteiger partial charge >= 0.3 is 0 Å². The predicted molar refractivity (Wildman–Crippen MR) is 129 cm³/mol. The summed E-state index contributed by atoms with van der Waals surface area (Å²) < 4.78 is 28.2. The van der Waals surface area contributed by atoms with Crippen LogP contribution in [-0.4, -0.2) is 56.5 Å². The first-order chi connectivity index (χ1) is 16.4. The average Bonchev–Trinajstić information content (AvgIpc) is 2.79. The van der Waals surface area contributed by atoms with Gasteiger partial charge in [0.15, 0.2) is 0 Å². The van der Waals surface area contributed by atoms with Crippen molar-refractivity contribution in [1.29, 1.82) is 5.26 Å². The maximum atomic E-state index is 14.1. The van der Waals surface area contributed by atoms with Crippen LogP contribution < -0.4 is 16.0 Å². The van der Waals surface area contributed by atoms with Gasteiger partial charge in [0.25, 0.3) is 5.91 Å². The number of nitriles is 1. The topological polar surface area (TPSA) is 136 Å². The monoisotopic (exact) mass is 483 g/mol. The van der Waals surface area contributed by atoms with Crippen molar-refractivity contribution in [3.05, 3.63) is 47.8 Å². The molecule has 0 spiro atoms. The number of nitrogens with one attached hydrogen (secondary N) is 3. The van der Waals surface area contributed by atoms with Crippen molar-refractivity contribution in [3.8, 4) is 6.07 Å². The Hall–Kier alpha value is -3.91. The Morgan fingerprint density at radius 1 is 1.14 bits per heavy atom. The smallest absolute Gasteiger partial charge is 0.255 e. The van der Waals surface area contributed by atoms with E-state index >= 15 is 0 Å². The van der Waals surface area contributed by atoms with Crippen LogP contribution in [0.4, 0.5) is 26.1 Å². The minimum Gasteiger partial charge on any atom is -0.387 e. The largest absolute Gasteiger partial charge is 0.387 e. The second kappa shape index (κ2) is 10.1. The van der Waals surface area contributed by atoms with Gasteiger partial charge in [0.2, 0.25) is 0 Å². The number of anilines is 3. The maximum absolute atomic E-state index is 14.1. The minimum absolute atomic E-state index is 0.0806. The molecule has 1 atom stereocenters. The SMILES string of the molecule is CC(C)(F)CNc1cc(Nc2ccc3ncc(C#N)cc3n2)ncc1C(=O)NCC(F)C(C)(C)O. The number of fused-ring (bicyclic) bond motifs is 1. The number of nitrogens with zero attached hydrogens (tertiary/aromatic N) is 4. The van der Waals surface area contributed by atoms with Gasteiger partial charge in [0.05, 0.1) is 40.0 Å². The molecule has 0 bridgehead atoms. The number of halogens is 2. The van der Waals surface area contributed by atoms with Gasteiger partial charge in [-0.1, -0.05) is 0 Å².